The Morgan fingerprint density at radius 3 is 2.30 bits per heavy atom. The Labute approximate surface area is 60.3 Å². The van der Waals surface area contributed by atoms with Gasteiger partial charge in [-0.1, -0.05) is 6.08 Å². The van der Waals surface area contributed by atoms with Gasteiger partial charge in [-0.2, -0.15) is 0 Å². The Morgan fingerprint density at radius 1 is 1.50 bits per heavy atom. The van der Waals surface area contributed by atoms with Crippen LogP contribution < -0.4 is 0 Å². The molecule has 0 rings (SSSR count). The summed E-state index contributed by atoms with van der Waals surface area (Å²) in [7, 11) is -0.260. The highest BCUT2D eigenvalue weighted by Crippen LogP contribution is 2.33. The number of allylic oxidation sites excluding steroid dienone is 1. The average Bonchev–Trinajstić information content (AvgIpc) is 1.59. The highest BCUT2D eigenvalue weighted by atomic mass is 31.2. The average molecular weight is 165 g/mol. The minimum atomic E-state index is -3.84. The molecule has 0 amide bonds. The van der Waals surface area contributed by atoms with Crippen molar-refractivity contribution in [1.29, 1.82) is 0 Å². The summed E-state index contributed by atoms with van der Waals surface area (Å²) in [6, 6.07) is 0. The van der Waals surface area contributed by atoms with Crippen LogP contribution >= 0.6 is 7.60 Å². The second kappa shape index (κ2) is 3.76. The molecule has 0 aromatic heterocycles. The predicted molar refractivity (Wildman–Crippen MR) is 39.7 cm³/mol. The van der Waals surface area contributed by atoms with E-state index in [0.717, 1.165) is 0 Å². The van der Waals surface area contributed by atoms with E-state index < -0.39 is 7.60 Å². The first kappa shape index (κ1) is 9.69. The molecule has 5 heteroatoms. The number of hydrogen-bond acceptors (Lipinski definition) is 2. The summed E-state index contributed by atoms with van der Waals surface area (Å²) < 4.78 is 10.2. The third-order valence-corrected chi connectivity index (χ3v) is 1.43. The molecule has 0 spiro atoms. The highest BCUT2D eigenvalue weighted by Gasteiger charge is 2.08. The molecular weight excluding hydrogens is 153 g/mol. The molecule has 0 aromatic carbocycles. The number of rotatable bonds is 3. The summed E-state index contributed by atoms with van der Waals surface area (Å²) in [5.74, 6) is 0. The molecule has 0 radical (unpaired) electrons. The SMILES string of the molecule is CN(C)C=CCP(=O)(O)O. The molecule has 0 aliphatic heterocycles. The lowest BCUT2D eigenvalue weighted by Gasteiger charge is -2.03. The summed E-state index contributed by atoms with van der Waals surface area (Å²) in [5.41, 5.74) is 0. The molecule has 0 aliphatic rings. The summed E-state index contributed by atoms with van der Waals surface area (Å²) in [5, 5.41) is 0. The first-order valence-corrected chi connectivity index (χ1v) is 4.59. The monoisotopic (exact) mass is 165 g/mol. The van der Waals surface area contributed by atoms with Crippen LogP contribution in [0.4, 0.5) is 0 Å². The van der Waals surface area contributed by atoms with Gasteiger partial charge in [0.1, 0.15) is 0 Å². The molecule has 0 atom stereocenters. The molecule has 0 bridgehead atoms. The minimum Gasteiger partial charge on any atom is -0.384 e. The van der Waals surface area contributed by atoms with E-state index >= 15 is 0 Å². The van der Waals surface area contributed by atoms with Crippen LogP contribution in [0.3, 0.4) is 0 Å². The zero-order valence-electron chi connectivity index (χ0n) is 6.06. The van der Waals surface area contributed by atoms with Gasteiger partial charge in [0.15, 0.2) is 0 Å². The van der Waals surface area contributed by atoms with Crippen molar-refractivity contribution in [3.63, 3.8) is 0 Å². The standard InChI is InChI=1S/C5H12NO3P/c1-6(2)4-3-5-10(7,8)9/h3-4H,5H2,1-2H3,(H2,7,8,9). The van der Waals surface area contributed by atoms with Crippen molar-refractivity contribution >= 4 is 7.60 Å². The Morgan fingerprint density at radius 2 is 2.00 bits per heavy atom. The maximum absolute atomic E-state index is 10.2. The summed E-state index contributed by atoms with van der Waals surface area (Å²) in [6.45, 7) is 0. The van der Waals surface area contributed by atoms with Gasteiger partial charge in [-0.05, 0) is 6.20 Å². The van der Waals surface area contributed by atoms with Crippen LogP contribution in [-0.4, -0.2) is 34.9 Å². The second-order valence-electron chi connectivity index (χ2n) is 2.20. The van der Waals surface area contributed by atoms with Crippen molar-refractivity contribution in [1.82, 2.24) is 4.90 Å². The van der Waals surface area contributed by atoms with E-state index in [4.69, 9.17) is 9.79 Å². The quantitative estimate of drug-likeness (QED) is 0.588. The van der Waals surface area contributed by atoms with E-state index in [1.54, 1.807) is 25.2 Å². The van der Waals surface area contributed by atoms with Crippen LogP contribution in [0.5, 0.6) is 0 Å². The van der Waals surface area contributed by atoms with Crippen molar-refractivity contribution < 1.29 is 14.4 Å². The van der Waals surface area contributed by atoms with Crippen LogP contribution in [0.2, 0.25) is 0 Å². The lowest BCUT2D eigenvalue weighted by molar-refractivity contribution is 0.376. The van der Waals surface area contributed by atoms with Crippen LogP contribution in [0.15, 0.2) is 12.3 Å². The van der Waals surface area contributed by atoms with Gasteiger partial charge in [0.25, 0.3) is 0 Å². The molecule has 0 unspecified atom stereocenters. The Hall–Kier alpha value is -0.310. The van der Waals surface area contributed by atoms with Crippen molar-refractivity contribution in [3.05, 3.63) is 12.3 Å². The van der Waals surface area contributed by atoms with Gasteiger partial charge < -0.3 is 14.7 Å². The lowest BCUT2D eigenvalue weighted by atomic mass is 10.6. The van der Waals surface area contributed by atoms with Gasteiger partial charge in [0.05, 0.1) is 6.16 Å². The van der Waals surface area contributed by atoms with Crippen LogP contribution in [0, 0.1) is 0 Å². The maximum Gasteiger partial charge on any atom is 0.329 e. The largest absolute Gasteiger partial charge is 0.384 e. The molecule has 60 valence electrons. The van der Waals surface area contributed by atoms with Gasteiger partial charge in [-0.3, -0.25) is 4.57 Å². The minimum absolute atomic E-state index is 0.189. The van der Waals surface area contributed by atoms with Gasteiger partial charge in [0.2, 0.25) is 0 Å². The third-order valence-electron chi connectivity index (χ3n) is 0.747. The molecule has 0 saturated carbocycles. The van der Waals surface area contributed by atoms with Crippen LogP contribution in [-0.2, 0) is 4.57 Å². The fourth-order valence-corrected chi connectivity index (χ4v) is 0.764. The van der Waals surface area contributed by atoms with Crippen LogP contribution in [0.1, 0.15) is 0 Å². The van der Waals surface area contributed by atoms with E-state index in [-0.39, 0.29) is 6.16 Å². The van der Waals surface area contributed by atoms with Gasteiger partial charge in [-0.25, -0.2) is 0 Å². The fourth-order valence-electron chi connectivity index (χ4n) is 0.395. The van der Waals surface area contributed by atoms with Crippen molar-refractivity contribution in [2.24, 2.45) is 0 Å². The zero-order chi connectivity index (χ0) is 8.20. The van der Waals surface area contributed by atoms with Crippen LogP contribution in [0.25, 0.3) is 0 Å². The van der Waals surface area contributed by atoms with Gasteiger partial charge in [-0.15, -0.1) is 0 Å². The second-order valence-corrected chi connectivity index (χ2v) is 3.89. The molecule has 0 aliphatic carbocycles. The maximum atomic E-state index is 10.2. The molecule has 2 N–H and O–H groups in total. The first-order valence-electron chi connectivity index (χ1n) is 2.79. The molecule has 0 heterocycles. The molecule has 4 nitrogen and oxygen atoms in total. The lowest BCUT2D eigenvalue weighted by Crippen LogP contribution is -2.00. The molecule has 0 fully saturated rings. The molecule has 0 aromatic rings. The van der Waals surface area contributed by atoms with E-state index in [1.165, 1.54) is 6.08 Å². The molecule has 10 heavy (non-hydrogen) atoms. The fraction of sp³-hybridized carbons (Fsp3) is 0.600. The van der Waals surface area contributed by atoms with Crippen molar-refractivity contribution in [2.45, 2.75) is 0 Å². The first-order chi connectivity index (χ1) is 4.42. The summed E-state index contributed by atoms with van der Waals surface area (Å²) in [4.78, 5) is 18.5. The van der Waals surface area contributed by atoms with E-state index in [0.29, 0.717) is 0 Å². The smallest absolute Gasteiger partial charge is 0.329 e. The van der Waals surface area contributed by atoms with E-state index in [1.807, 2.05) is 0 Å². The Balaban J connectivity index is 3.65. The molecular formula is C5H12NO3P. The zero-order valence-corrected chi connectivity index (χ0v) is 6.95. The van der Waals surface area contributed by atoms with Crippen molar-refractivity contribution in [3.8, 4) is 0 Å². The Kier molecular flexibility index (Phi) is 3.64. The molecule has 0 saturated heterocycles. The predicted octanol–water partition coefficient (Wildman–Crippen LogP) is 0.239. The Bertz CT molecular complexity index is 160. The normalized spacial score (nSPS) is 12.4. The topological polar surface area (TPSA) is 60.8 Å². The van der Waals surface area contributed by atoms with E-state index in [9.17, 15) is 4.57 Å². The third kappa shape index (κ3) is 7.69. The van der Waals surface area contributed by atoms with Gasteiger partial charge >= 0.3 is 7.60 Å². The number of nitrogens with zero attached hydrogens (tertiary/aromatic N) is 1. The number of hydrogen-bond donors (Lipinski definition) is 2. The van der Waals surface area contributed by atoms with E-state index in [2.05, 4.69) is 0 Å². The highest BCUT2D eigenvalue weighted by molar-refractivity contribution is 7.51. The summed E-state index contributed by atoms with van der Waals surface area (Å²) >= 11 is 0. The van der Waals surface area contributed by atoms with Gasteiger partial charge in [0, 0.05) is 14.1 Å². The summed E-state index contributed by atoms with van der Waals surface area (Å²) in [6.07, 6.45) is 2.87. The van der Waals surface area contributed by atoms with Crippen molar-refractivity contribution in [2.75, 3.05) is 20.3 Å².